The van der Waals surface area contributed by atoms with Gasteiger partial charge in [-0.1, -0.05) is 25.3 Å². The van der Waals surface area contributed by atoms with E-state index in [0.717, 1.165) is 63.9 Å². The Morgan fingerprint density at radius 2 is 1.59 bits per heavy atom. The van der Waals surface area contributed by atoms with Crippen LogP contribution in [0.2, 0.25) is 0 Å². The Hall–Kier alpha value is -0.460. The standard InChI is InChI=1S/C22H38O5/c23-20-17-19(27-22-12-6-9-15-26-22)16-18(20)10-4-2-1-3-7-13-24-21-11-5-8-14-25-21/h16,19-23H,1-15,17H2/t19-,20-,21?,22?/m0/s1. The van der Waals surface area contributed by atoms with E-state index < -0.39 is 0 Å². The molecule has 4 atom stereocenters. The minimum Gasteiger partial charge on any atom is -0.389 e. The van der Waals surface area contributed by atoms with Crippen molar-refractivity contribution in [1.82, 2.24) is 0 Å². The molecule has 0 saturated carbocycles. The van der Waals surface area contributed by atoms with Gasteiger partial charge in [-0.05, 0) is 63.4 Å². The van der Waals surface area contributed by atoms with Gasteiger partial charge in [0.25, 0.3) is 0 Å². The van der Waals surface area contributed by atoms with Crippen molar-refractivity contribution in [2.24, 2.45) is 0 Å². The van der Waals surface area contributed by atoms with Crippen LogP contribution in [0.25, 0.3) is 0 Å². The van der Waals surface area contributed by atoms with E-state index in [2.05, 4.69) is 6.08 Å². The van der Waals surface area contributed by atoms with E-state index in [1.54, 1.807) is 0 Å². The van der Waals surface area contributed by atoms with E-state index in [0.29, 0.717) is 6.42 Å². The van der Waals surface area contributed by atoms with E-state index in [9.17, 15) is 5.11 Å². The van der Waals surface area contributed by atoms with Crippen molar-refractivity contribution in [2.75, 3.05) is 19.8 Å². The van der Waals surface area contributed by atoms with Gasteiger partial charge in [-0.25, -0.2) is 0 Å². The van der Waals surface area contributed by atoms with Gasteiger partial charge in [0.05, 0.1) is 12.2 Å². The molecule has 0 aromatic carbocycles. The third-order valence-corrected chi connectivity index (χ3v) is 5.80. The fraction of sp³-hybridized carbons (Fsp3) is 0.909. The highest BCUT2D eigenvalue weighted by atomic mass is 16.7. The maximum Gasteiger partial charge on any atom is 0.158 e. The summed E-state index contributed by atoms with van der Waals surface area (Å²) in [6.07, 6.45) is 16.1. The van der Waals surface area contributed by atoms with Crippen LogP contribution in [0.1, 0.15) is 83.5 Å². The van der Waals surface area contributed by atoms with Crippen molar-refractivity contribution in [2.45, 2.75) is 108 Å². The molecule has 3 rings (SSSR count). The van der Waals surface area contributed by atoms with E-state index in [-0.39, 0.29) is 24.8 Å². The average molecular weight is 383 g/mol. The predicted octanol–water partition coefficient (Wildman–Crippen LogP) is 4.47. The summed E-state index contributed by atoms with van der Waals surface area (Å²) in [7, 11) is 0. The highest BCUT2D eigenvalue weighted by Crippen LogP contribution is 2.28. The molecule has 0 radical (unpaired) electrons. The van der Waals surface area contributed by atoms with Crippen LogP contribution >= 0.6 is 0 Å². The van der Waals surface area contributed by atoms with Gasteiger partial charge in [-0.3, -0.25) is 0 Å². The third-order valence-electron chi connectivity index (χ3n) is 5.80. The number of hydrogen-bond donors (Lipinski definition) is 1. The molecule has 2 heterocycles. The summed E-state index contributed by atoms with van der Waals surface area (Å²) >= 11 is 0. The first kappa shape index (κ1) is 21.3. The molecule has 5 heteroatoms. The van der Waals surface area contributed by atoms with Gasteiger partial charge in [0, 0.05) is 26.2 Å². The van der Waals surface area contributed by atoms with E-state index in [1.807, 2.05) is 0 Å². The monoisotopic (exact) mass is 382 g/mol. The molecule has 0 bridgehead atoms. The first-order valence-corrected chi connectivity index (χ1v) is 11.2. The van der Waals surface area contributed by atoms with Crippen LogP contribution in [0, 0.1) is 0 Å². The van der Waals surface area contributed by atoms with Crippen molar-refractivity contribution in [1.29, 1.82) is 0 Å². The molecule has 5 nitrogen and oxygen atoms in total. The molecule has 0 amide bonds. The Morgan fingerprint density at radius 1 is 0.889 bits per heavy atom. The van der Waals surface area contributed by atoms with Crippen molar-refractivity contribution < 1.29 is 24.1 Å². The Bertz CT molecular complexity index is 426. The molecular weight excluding hydrogens is 344 g/mol. The van der Waals surface area contributed by atoms with Gasteiger partial charge >= 0.3 is 0 Å². The summed E-state index contributed by atoms with van der Waals surface area (Å²) in [5.74, 6) is 0. The van der Waals surface area contributed by atoms with Gasteiger partial charge in [0.15, 0.2) is 12.6 Å². The molecular formula is C22H38O5. The third kappa shape index (κ3) is 7.82. The molecule has 1 N–H and O–H groups in total. The van der Waals surface area contributed by atoms with Crippen LogP contribution in [-0.2, 0) is 18.9 Å². The maximum absolute atomic E-state index is 10.3. The molecule has 0 spiro atoms. The van der Waals surface area contributed by atoms with Crippen LogP contribution in [0.15, 0.2) is 11.6 Å². The van der Waals surface area contributed by atoms with Crippen LogP contribution in [0.4, 0.5) is 0 Å². The van der Waals surface area contributed by atoms with Crippen molar-refractivity contribution >= 4 is 0 Å². The van der Waals surface area contributed by atoms with E-state index in [1.165, 1.54) is 38.5 Å². The molecule has 2 aliphatic heterocycles. The number of aliphatic hydroxyl groups excluding tert-OH is 1. The lowest BCUT2D eigenvalue weighted by atomic mass is 10.0. The first-order chi connectivity index (χ1) is 13.3. The van der Waals surface area contributed by atoms with Crippen molar-refractivity contribution in [3.63, 3.8) is 0 Å². The Kier molecular flexibility index (Phi) is 9.59. The first-order valence-electron chi connectivity index (χ1n) is 11.2. The minimum atomic E-state index is -0.331. The average Bonchev–Trinajstić information content (AvgIpc) is 3.04. The lowest BCUT2D eigenvalue weighted by Gasteiger charge is -2.25. The van der Waals surface area contributed by atoms with E-state index >= 15 is 0 Å². The summed E-state index contributed by atoms with van der Waals surface area (Å²) in [5, 5.41) is 10.3. The second-order valence-electron chi connectivity index (χ2n) is 8.15. The summed E-state index contributed by atoms with van der Waals surface area (Å²) in [6.45, 7) is 2.47. The van der Waals surface area contributed by atoms with Crippen LogP contribution in [-0.4, -0.2) is 49.7 Å². The maximum atomic E-state index is 10.3. The van der Waals surface area contributed by atoms with Crippen LogP contribution in [0.5, 0.6) is 0 Å². The van der Waals surface area contributed by atoms with Crippen molar-refractivity contribution in [3.8, 4) is 0 Å². The highest BCUT2D eigenvalue weighted by molar-refractivity contribution is 5.18. The molecule has 1 aliphatic carbocycles. The van der Waals surface area contributed by atoms with Gasteiger partial charge in [0.1, 0.15) is 0 Å². The minimum absolute atomic E-state index is 0.0252. The molecule has 2 unspecified atom stereocenters. The zero-order valence-corrected chi connectivity index (χ0v) is 16.8. The zero-order chi connectivity index (χ0) is 18.7. The summed E-state index contributed by atoms with van der Waals surface area (Å²) < 4.78 is 23.0. The second kappa shape index (κ2) is 12.2. The number of hydrogen-bond acceptors (Lipinski definition) is 5. The van der Waals surface area contributed by atoms with E-state index in [4.69, 9.17) is 18.9 Å². The topological polar surface area (TPSA) is 57.2 Å². The van der Waals surface area contributed by atoms with Crippen molar-refractivity contribution in [3.05, 3.63) is 11.6 Å². The van der Waals surface area contributed by atoms with Gasteiger partial charge in [-0.15, -0.1) is 0 Å². The number of rotatable bonds is 11. The fourth-order valence-corrected chi connectivity index (χ4v) is 4.17. The largest absolute Gasteiger partial charge is 0.389 e. The summed E-state index contributed by atoms with van der Waals surface area (Å²) in [4.78, 5) is 0. The lowest BCUT2D eigenvalue weighted by Crippen LogP contribution is -2.26. The zero-order valence-electron chi connectivity index (χ0n) is 16.8. The molecule has 0 aromatic rings. The summed E-state index contributed by atoms with van der Waals surface area (Å²) in [5.41, 5.74) is 1.16. The second-order valence-corrected chi connectivity index (χ2v) is 8.15. The smallest absolute Gasteiger partial charge is 0.158 e. The molecule has 3 aliphatic rings. The quantitative estimate of drug-likeness (QED) is 0.422. The normalized spacial score (nSPS) is 31.8. The Morgan fingerprint density at radius 3 is 2.33 bits per heavy atom. The van der Waals surface area contributed by atoms with Crippen LogP contribution < -0.4 is 0 Å². The molecule has 2 saturated heterocycles. The van der Waals surface area contributed by atoms with Gasteiger partial charge in [0.2, 0.25) is 0 Å². The Labute approximate surface area is 164 Å². The SMILES string of the molecule is O[C@H]1C[C@@H](OC2CCCCO2)C=C1CCCCCCCOC1CCCCO1. The number of unbranched alkanes of at least 4 members (excludes halogenated alkanes) is 4. The predicted molar refractivity (Wildman–Crippen MR) is 104 cm³/mol. The highest BCUT2D eigenvalue weighted by Gasteiger charge is 2.27. The molecule has 2 fully saturated rings. The van der Waals surface area contributed by atoms with Gasteiger partial charge < -0.3 is 24.1 Å². The number of ether oxygens (including phenoxy) is 4. The molecule has 0 aromatic heterocycles. The lowest BCUT2D eigenvalue weighted by molar-refractivity contribution is -0.179. The van der Waals surface area contributed by atoms with Gasteiger partial charge in [-0.2, -0.15) is 0 Å². The summed E-state index contributed by atoms with van der Waals surface area (Å²) in [6, 6.07) is 0. The Balaban J connectivity index is 1.19. The van der Waals surface area contributed by atoms with Crippen LogP contribution in [0.3, 0.4) is 0 Å². The number of aliphatic hydroxyl groups is 1. The molecule has 27 heavy (non-hydrogen) atoms. The molecule has 156 valence electrons. The fourth-order valence-electron chi connectivity index (χ4n) is 4.17.